The van der Waals surface area contributed by atoms with Gasteiger partial charge in [0.15, 0.2) is 0 Å². The van der Waals surface area contributed by atoms with Crippen LogP contribution in [0.5, 0.6) is 0 Å². The lowest BCUT2D eigenvalue weighted by Gasteiger charge is -2.35. The van der Waals surface area contributed by atoms with Crippen LogP contribution in [0.1, 0.15) is 44.1 Å². The third kappa shape index (κ3) is 4.85. The Kier molecular flexibility index (Phi) is 7.65. The molecule has 6 heteroatoms. The maximum absolute atomic E-state index is 4.85. The molecule has 140 valence electrons. The number of hydrogen-bond donors (Lipinski definition) is 0. The van der Waals surface area contributed by atoms with E-state index in [-0.39, 0.29) is 0 Å². The number of hydrogen-bond acceptors (Lipinski definition) is 5. The molecule has 0 bridgehead atoms. The predicted octanol–water partition coefficient (Wildman–Crippen LogP) is 4.65. The minimum Gasteiger partial charge on any atom is -0.371 e. The summed E-state index contributed by atoms with van der Waals surface area (Å²) in [7, 11) is 2.26. The first-order valence-electron chi connectivity index (χ1n) is 9.11. The second kappa shape index (κ2) is 9.72. The van der Waals surface area contributed by atoms with Crippen molar-refractivity contribution in [1.29, 1.82) is 0 Å². The monoisotopic (exact) mass is 371 g/mol. The third-order valence-corrected chi connectivity index (χ3v) is 5.50. The van der Waals surface area contributed by atoms with Gasteiger partial charge in [0, 0.05) is 31.8 Å². The van der Waals surface area contributed by atoms with Gasteiger partial charge in [0.2, 0.25) is 0 Å². The highest BCUT2D eigenvalue weighted by atomic mass is 31.1. The standard InChI is InChI=1S/C20H30N5P/c1-7-8-10-14(2)16(4)25-12-9-11-17(13-25)19-22-15(3)18(24-21-5)20(23-19)26-6/h7-8,10,17,26H,4,9,11-13H2,1-3,5-6H3/b8-7-,14-10+,24-21?. The summed E-state index contributed by atoms with van der Waals surface area (Å²) in [6.07, 6.45) is 8.46. The van der Waals surface area contributed by atoms with Gasteiger partial charge in [0.05, 0.1) is 11.1 Å². The van der Waals surface area contributed by atoms with Crippen LogP contribution in [0.25, 0.3) is 0 Å². The lowest BCUT2D eigenvalue weighted by Crippen LogP contribution is -2.35. The predicted molar refractivity (Wildman–Crippen MR) is 112 cm³/mol. The first-order chi connectivity index (χ1) is 12.5. The molecule has 2 unspecified atom stereocenters. The summed E-state index contributed by atoms with van der Waals surface area (Å²) in [5.74, 6) is 1.27. The van der Waals surface area contributed by atoms with E-state index in [1.165, 1.54) is 5.57 Å². The Balaban J connectivity index is 2.24. The largest absolute Gasteiger partial charge is 0.371 e. The smallest absolute Gasteiger partial charge is 0.134 e. The topological polar surface area (TPSA) is 53.7 Å². The lowest BCUT2D eigenvalue weighted by molar-refractivity contribution is 0.258. The summed E-state index contributed by atoms with van der Waals surface area (Å²) >= 11 is 0. The Hall–Kier alpha value is -1.87. The molecular formula is C20H30N5P. The highest BCUT2D eigenvalue weighted by molar-refractivity contribution is 7.46. The van der Waals surface area contributed by atoms with Crippen LogP contribution in [-0.4, -0.2) is 41.7 Å². The first-order valence-corrected chi connectivity index (χ1v) is 10.6. The van der Waals surface area contributed by atoms with Crippen LogP contribution >= 0.6 is 8.58 Å². The van der Waals surface area contributed by atoms with Crippen molar-refractivity contribution < 1.29 is 0 Å². The molecule has 2 heterocycles. The van der Waals surface area contributed by atoms with Gasteiger partial charge < -0.3 is 4.90 Å². The van der Waals surface area contributed by atoms with Gasteiger partial charge >= 0.3 is 0 Å². The molecule has 0 spiro atoms. The molecule has 1 aliphatic heterocycles. The fourth-order valence-corrected chi connectivity index (χ4v) is 3.88. The molecule has 0 saturated carbocycles. The fourth-order valence-electron chi connectivity index (χ4n) is 3.18. The van der Waals surface area contributed by atoms with Gasteiger partial charge in [-0.05, 0) is 45.9 Å². The summed E-state index contributed by atoms with van der Waals surface area (Å²) in [6, 6.07) is 0. The van der Waals surface area contributed by atoms with E-state index < -0.39 is 0 Å². The van der Waals surface area contributed by atoms with E-state index in [9.17, 15) is 0 Å². The Morgan fingerprint density at radius 3 is 2.81 bits per heavy atom. The van der Waals surface area contributed by atoms with Crippen molar-refractivity contribution in [2.24, 2.45) is 10.2 Å². The number of aromatic nitrogens is 2. The molecule has 0 aliphatic carbocycles. The lowest BCUT2D eigenvalue weighted by atomic mass is 9.96. The normalized spacial score (nSPS) is 19.3. The van der Waals surface area contributed by atoms with Crippen LogP contribution in [-0.2, 0) is 0 Å². The Morgan fingerprint density at radius 2 is 2.15 bits per heavy atom. The molecule has 0 radical (unpaired) electrons. The summed E-state index contributed by atoms with van der Waals surface area (Å²) in [6.45, 7) is 14.5. The summed E-state index contributed by atoms with van der Waals surface area (Å²) in [5.41, 5.74) is 5.07. The molecule has 0 aromatic carbocycles. The first kappa shape index (κ1) is 20.4. The fraction of sp³-hybridized carbons (Fsp3) is 0.500. The van der Waals surface area contributed by atoms with Gasteiger partial charge in [-0.3, -0.25) is 0 Å². The zero-order valence-electron chi connectivity index (χ0n) is 16.6. The van der Waals surface area contributed by atoms with E-state index in [1.807, 2.05) is 19.9 Å². The molecule has 2 rings (SSSR count). The minimum absolute atomic E-state index is 0.330. The molecule has 1 aromatic rings. The maximum Gasteiger partial charge on any atom is 0.134 e. The Morgan fingerprint density at radius 1 is 1.38 bits per heavy atom. The van der Waals surface area contributed by atoms with Crippen LogP contribution in [0.2, 0.25) is 0 Å². The van der Waals surface area contributed by atoms with Crippen molar-refractivity contribution in [3.63, 3.8) is 0 Å². The van der Waals surface area contributed by atoms with Gasteiger partial charge in [0.25, 0.3) is 0 Å². The van der Waals surface area contributed by atoms with Gasteiger partial charge in [-0.15, -0.1) is 0 Å². The Labute approximate surface area is 159 Å². The molecule has 0 N–H and O–H groups in total. The van der Waals surface area contributed by atoms with E-state index in [0.29, 0.717) is 14.5 Å². The number of allylic oxidation sites excluding steroid dienone is 4. The van der Waals surface area contributed by atoms with E-state index in [1.54, 1.807) is 7.05 Å². The van der Waals surface area contributed by atoms with Crippen LogP contribution in [0.4, 0.5) is 5.69 Å². The number of aryl methyl sites for hydroxylation is 1. The summed E-state index contributed by atoms with van der Waals surface area (Å²) < 4.78 is 0. The van der Waals surface area contributed by atoms with E-state index in [4.69, 9.17) is 9.97 Å². The third-order valence-electron chi connectivity index (χ3n) is 4.67. The second-order valence-electron chi connectivity index (χ2n) is 6.52. The molecule has 1 fully saturated rings. The molecule has 1 aliphatic rings. The quantitative estimate of drug-likeness (QED) is 0.416. The maximum atomic E-state index is 4.85. The SMILES string of the molecule is C=C(/C(C)=C/C=C\C)N1CCCC(c2nc(C)c(N=NC)c(PC)n2)C1. The van der Waals surface area contributed by atoms with Gasteiger partial charge in [-0.2, -0.15) is 10.2 Å². The van der Waals surface area contributed by atoms with Crippen molar-refractivity contribution >= 4 is 19.7 Å². The minimum atomic E-state index is 0.330. The molecule has 5 nitrogen and oxygen atoms in total. The van der Waals surface area contributed by atoms with E-state index in [2.05, 4.69) is 47.4 Å². The molecule has 0 amide bonds. The van der Waals surface area contributed by atoms with Crippen LogP contribution in [0, 0.1) is 6.92 Å². The van der Waals surface area contributed by atoms with Crippen molar-refractivity contribution in [3.05, 3.63) is 47.6 Å². The molecule has 2 atom stereocenters. The van der Waals surface area contributed by atoms with Crippen molar-refractivity contribution in [3.8, 4) is 0 Å². The highest BCUT2D eigenvalue weighted by Crippen LogP contribution is 2.30. The van der Waals surface area contributed by atoms with Crippen molar-refractivity contribution in [1.82, 2.24) is 14.9 Å². The summed E-state index contributed by atoms with van der Waals surface area (Å²) in [5, 5.41) is 8.14. The molecular weight excluding hydrogens is 341 g/mol. The number of azo groups is 1. The average molecular weight is 371 g/mol. The van der Waals surface area contributed by atoms with Crippen molar-refractivity contribution in [2.45, 2.75) is 39.5 Å². The molecule has 1 saturated heterocycles. The van der Waals surface area contributed by atoms with Crippen LogP contribution in [0.15, 0.2) is 46.3 Å². The van der Waals surface area contributed by atoms with Crippen LogP contribution < -0.4 is 5.44 Å². The van der Waals surface area contributed by atoms with Gasteiger partial charge in [-0.1, -0.05) is 33.4 Å². The van der Waals surface area contributed by atoms with Crippen LogP contribution in [0.3, 0.4) is 0 Å². The van der Waals surface area contributed by atoms with E-state index in [0.717, 1.165) is 54.3 Å². The van der Waals surface area contributed by atoms with Gasteiger partial charge in [-0.25, -0.2) is 9.97 Å². The number of nitrogens with zero attached hydrogens (tertiary/aromatic N) is 5. The number of piperidine rings is 1. The average Bonchev–Trinajstić information content (AvgIpc) is 2.67. The number of rotatable bonds is 6. The molecule has 26 heavy (non-hydrogen) atoms. The zero-order valence-corrected chi connectivity index (χ0v) is 17.6. The number of likely N-dealkylation sites (tertiary alicyclic amines) is 1. The summed E-state index contributed by atoms with van der Waals surface area (Å²) in [4.78, 5) is 12.0. The van der Waals surface area contributed by atoms with E-state index >= 15 is 0 Å². The second-order valence-corrected chi connectivity index (χ2v) is 7.50. The zero-order chi connectivity index (χ0) is 19.1. The van der Waals surface area contributed by atoms with Gasteiger partial charge in [0.1, 0.15) is 11.5 Å². The Bertz CT molecular complexity index is 736. The highest BCUT2D eigenvalue weighted by Gasteiger charge is 2.26. The van der Waals surface area contributed by atoms with Crippen molar-refractivity contribution in [2.75, 3.05) is 26.8 Å². The molecule has 1 aromatic heterocycles.